The van der Waals surface area contributed by atoms with Crippen LogP contribution in [-0.4, -0.2) is 26.5 Å². The highest BCUT2D eigenvalue weighted by Gasteiger charge is 2.42. The lowest BCUT2D eigenvalue weighted by atomic mass is 9.69. The van der Waals surface area contributed by atoms with E-state index in [1.54, 1.807) is 12.4 Å². The van der Waals surface area contributed by atoms with Crippen LogP contribution >= 0.6 is 11.8 Å². The number of ketones is 1. The molecule has 0 spiro atoms. The summed E-state index contributed by atoms with van der Waals surface area (Å²) in [6, 6.07) is 3.74. The molecule has 0 bridgehead atoms. The zero-order chi connectivity index (χ0) is 19.9. The van der Waals surface area contributed by atoms with Gasteiger partial charge in [0.15, 0.2) is 10.9 Å². The lowest BCUT2D eigenvalue weighted by molar-refractivity contribution is -0.118. The van der Waals surface area contributed by atoms with E-state index in [1.807, 2.05) is 12.1 Å². The topological polar surface area (TPSA) is 87.7 Å². The number of pyridine rings is 1. The normalized spacial score (nSPS) is 20.4. The molecular weight excluding hydrogens is 372 g/mol. The van der Waals surface area contributed by atoms with E-state index < -0.39 is 5.92 Å². The van der Waals surface area contributed by atoms with Gasteiger partial charge in [0.1, 0.15) is 5.82 Å². The molecule has 1 aliphatic carbocycles. The lowest BCUT2D eigenvalue weighted by Crippen LogP contribution is -2.37. The van der Waals surface area contributed by atoms with Gasteiger partial charge in [-0.3, -0.25) is 14.6 Å². The molecule has 0 aromatic carbocycles. The maximum atomic E-state index is 13.1. The number of hydrogen-bond acceptors (Lipinski definition) is 6. The van der Waals surface area contributed by atoms with Crippen LogP contribution in [0.15, 0.2) is 45.7 Å². The largest absolute Gasteiger partial charge is 0.343 e. The summed E-state index contributed by atoms with van der Waals surface area (Å²) in [4.78, 5) is 37.8. The van der Waals surface area contributed by atoms with Crippen molar-refractivity contribution in [3.05, 3.63) is 57.3 Å². The predicted molar refractivity (Wildman–Crippen MR) is 111 cm³/mol. The van der Waals surface area contributed by atoms with Crippen molar-refractivity contribution >= 4 is 23.4 Å². The van der Waals surface area contributed by atoms with Gasteiger partial charge in [0.2, 0.25) is 0 Å². The predicted octanol–water partition coefficient (Wildman–Crippen LogP) is 3.87. The molecule has 2 N–H and O–H groups in total. The van der Waals surface area contributed by atoms with Crippen LogP contribution in [0.3, 0.4) is 0 Å². The highest BCUT2D eigenvalue weighted by atomic mass is 32.2. The molecule has 0 amide bonds. The number of fused-ring (bicyclic) bond motifs is 1. The number of allylic oxidation sites excluding steroid dienone is 2. The summed E-state index contributed by atoms with van der Waals surface area (Å²) in [5, 5.41) is 3.95. The fourth-order valence-corrected chi connectivity index (χ4v) is 4.77. The van der Waals surface area contributed by atoms with E-state index in [0.717, 1.165) is 29.9 Å². The van der Waals surface area contributed by atoms with Crippen molar-refractivity contribution in [2.75, 3.05) is 11.1 Å². The lowest BCUT2D eigenvalue weighted by Gasteiger charge is -2.38. The van der Waals surface area contributed by atoms with Crippen LogP contribution in [0.5, 0.6) is 0 Å². The SMILES string of the molecule is CCCSc1nc2c(c(=O)[nH]1)[C@H](c1ccncc1)C1=C(CC(C)(C)CC1=O)N2. The number of carbonyl (C=O) groups is 1. The van der Waals surface area contributed by atoms with Gasteiger partial charge in [-0.1, -0.05) is 32.5 Å². The van der Waals surface area contributed by atoms with Crippen molar-refractivity contribution in [1.82, 2.24) is 15.0 Å². The Labute approximate surface area is 168 Å². The highest BCUT2D eigenvalue weighted by Crippen LogP contribution is 2.47. The second-order valence-electron chi connectivity index (χ2n) is 8.15. The maximum absolute atomic E-state index is 13.1. The van der Waals surface area contributed by atoms with E-state index in [9.17, 15) is 9.59 Å². The van der Waals surface area contributed by atoms with E-state index in [2.05, 4.69) is 41.0 Å². The molecule has 7 heteroatoms. The first kappa shape index (κ1) is 18.9. The minimum Gasteiger partial charge on any atom is -0.343 e. The van der Waals surface area contributed by atoms with Gasteiger partial charge < -0.3 is 10.3 Å². The summed E-state index contributed by atoms with van der Waals surface area (Å²) in [5.74, 6) is 1.12. The fraction of sp³-hybridized carbons (Fsp3) is 0.429. The maximum Gasteiger partial charge on any atom is 0.257 e. The summed E-state index contributed by atoms with van der Waals surface area (Å²) >= 11 is 1.53. The molecule has 2 aromatic rings. The Morgan fingerprint density at radius 3 is 2.68 bits per heavy atom. The van der Waals surface area contributed by atoms with Gasteiger partial charge in [-0.25, -0.2) is 4.98 Å². The highest BCUT2D eigenvalue weighted by molar-refractivity contribution is 7.99. The van der Waals surface area contributed by atoms with Gasteiger partial charge in [0.25, 0.3) is 5.56 Å². The Hall–Kier alpha value is -2.41. The van der Waals surface area contributed by atoms with E-state index in [4.69, 9.17) is 0 Å². The molecular formula is C21H24N4O2S. The first-order valence-electron chi connectivity index (χ1n) is 9.60. The molecule has 0 saturated carbocycles. The van der Waals surface area contributed by atoms with Crippen molar-refractivity contribution in [3.8, 4) is 0 Å². The molecule has 28 heavy (non-hydrogen) atoms. The zero-order valence-corrected chi connectivity index (χ0v) is 17.2. The molecule has 2 aliphatic rings. The van der Waals surface area contributed by atoms with Crippen LogP contribution in [0.2, 0.25) is 0 Å². The zero-order valence-electron chi connectivity index (χ0n) is 16.3. The van der Waals surface area contributed by atoms with Crippen LogP contribution in [0.25, 0.3) is 0 Å². The van der Waals surface area contributed by atoms with Crippen molar-refractivity contribution < 1.29 is 4.79 Å². The fourth-order valence-electron chi connectivity index (χ4n) is 4.05. The third-order valence-corrected chi connectivity index (χ3v) is 6.26. The van der Waals surface area contributed by atoms with Gasteiger partial charge in [-0.15, -0.1) is 0 Å². The second kappa shape index (κ2) is 7.20. The van der Waals surface area contributed by atoms with Crippen molar-refractivity contribution in [3.63, 3.8) is 0 Å². The Balaban J connectivity index is 1.90. The first-order chi connectivity index (χ1) is 13.4. The smallest absolute Gasteiger partial charge is 0.257 e. The molecule has 1 aliphatic heterocycles. The number of aromatic amines is 1. The number of hydrogen-bond donors (Lipinski definition) is 2. The summed E-state index contributed by atoms with van der Waals surface area (Å²) < 4.78 is 0. The average Bonchev–Trinajstić information content (AvgIpc) is 2.64. The first-order valence-corrected chi connectivity index (χ1v) is 10.6. The Morgan fingerprint density at radius 1 is 1.21 bits per heavy atom. The molecule has 6 nitrogen and oxygen atoms in total. The summed E-state index contributed by atoms with van der Waals surface area (Å²) in [6.07, 6.45) is 5.61. The number of aromatic nitrogens is 3. The summed E-state index contributed by atoms with van der Waals surface area (Å²) in [6.45, 7) is 6.29. The molecule has 0 saturated heterocycles. The molecule has 3 heterocycles. The number of thioether (sulfide) groups is 1. The molecule has 2 aromatic heterocycles. The standard InChI is InChI=1S/C21H24N4O2S/c1-4-9-28-20-24-18-17(19(27)25-20)15(12-5-7-22-8-6-12)16-13(23-18)10-21(2,3)11-14(16)26/h5-8,15H,4,9-11H2,1-3H3,(H2,23,24,25,27)/t15-/m1/s1. The van der Waals surface area contributed by atoms with Crippen LogP contribution in [0.1, 0.15) is 57.1 Å². The van der Waals surface area contributed by atoms with Gasteiger partial charge in [-0.05, 0) is 36.0 Å². The molecule has 146 valence electrons. The van der Waals surface area contributed by atoms with Crippen LogP contribution in [0, 0.1) is 5.41 Å². The number of carbonyl (C=O) groups excluding carboxylic acids is 1. The van der Waals surface area contributed by atoms with Gasteiger partial charge in [-0.2, -0.15) is 0 Å². The Bertz CT molecular complexity index is 1010. The number of rotatable bonds is 4. The number of nitrogens with zero attached hydrogens (tertiary/aromatic N) is 2. The molecule has 0 fully saturated rings. The van der Waals surface area contributed by atoms with Crippen LogP contribution in [-0.2, 0) is 4.79 Å². The minimum atomic E-state index is -0.417. The van der Waals surface area contributed by atoms with E-state index in [0.29, 0.717) is 28.5 Å². The molecule has 1 atom stereocenters. The molecule has 4 rings (SSSR count). The number of Topliss-reactive ketones (excluding diaryl/α,β-unsaturated/α-hetero) is 1. The number of H-pyrrole nitrogens is 1. The monoisotopic (exact) mass is 396 g/mol. The quantitative estimate of drug-likeness (QED) is 0.603. The van der Waals surface area contributed by atoms with Gasteiger partial charge >= 0.3 is 0 Å². The second-order valence-corrected chi connectivity index (χ2v) is 9.24. The van der Waals surface area contributed by atoms with Crippen molar-refractivity contribution in [2.24, 2.45) is 5.41 Å². The van der Waals surface area contributed by atoms with Gasteiger partial charge in [0, 0.05) is 41.8 Å². The molecule has 0 unspecified atom stereocenters. The Morgan fingerprint density at radius 2 is 1.96 bits per heavy atom. The van der Waals surface area contributed by atoms with Gasteiger partial charge in [0.05, 0.1) is 5.56 Å². The van der Waals surface area contributed by atoms with E-state index >= 15 is 0 Å². The minimum absolute atomic E-state index is 0.0926. The van der Waals surface area contributed by atoms with Crippen molar-refractivity contribution in [1.29, 1.82) is 0 Å². The van der Waals surface area contributed by atoms with Crippen LogP contribution < -0.4 is 10.9 Å². The number of nitrogens with one attached hydrogen (secondary N) is 2. The van der Waals surface area contributed by atoms with E-state index in [-0.39, 0.29) is 16.8 Å². The third-order valence-electron chi connectivity index (χ3n) is 5.18. The van der Waals surface area contributed by atoms with E-state index in [1.165, 1.54) is 11.8 Å². The van der Waals surface area contributed by atoms with Crippen molar-refractivity contribution in [2.45, 2.75) is 51.1 Å². The summed E-state index contributed by atoms with van der Waals surface area (Å²) in [5.41, 5.74) is 2.67. The third kappa shape index (κ3) is 3.39. The average molecular weight is 397 g/mol. The summed E-state index contributed by atoms with van der Waals surface area (Å²) in [7, 11) is 0. The molecule has 0 radical (unpaired) electrons. The van der Waals surface area contributed by atoms with Crippen LogP contribution in [0.4, 0.5) is 5.82 Å². The Kier molecular flexibility index (Phi) is 4.87. The number of anilines is 1.